The zero-order chi connectivity index (χ0) is 34.8. The lowest BCUT2D eigenvalue weighted by atomic mass is 9.90. The van der Waals surface area contributed by atoms with Crippen LogP contribution in [0.4, 0.5) is 13.2 Å². The first-order valence-electron chi connectivity index (χ1n) is 18.9. The summed E-state index contributed by atoms with van der Waals surface area (Å²) in [6.45, 7) is 8.61. The fourth-order valence-electron chi connectivity index (χ4n) is 8.80. The van der Waals surface area contributed by atoms with Crippen LogP contribution >= 0.6 is 11.9 Å². The lowest BCUT2D eigenvalue weighted by molar-refractivity contribution is -0.189. The van der Waals surface area contributed by atoms with E-state index in [0.717, 1.165) is 51.7 Å². The Balaban J connectivity index is 0.992. The SMILES string of the molecule is CC1(C)C[C@@H]2CCCNC3CCC(OCc4ccccc4)C(N3)SNCC3CCC(n4ccc(OCCCC5(C(F)(F)F)CC5)n4)NC3N1C2. The van der Waals surface area contributed by atoms with E-state index in [1.807, 2.05) is 23.0 Å². The topological polar surface area (TPSA) is 87.6 Å². The van der Waals surface area contributed by atoms with Crippen molar-refractivity contribution in [1.29, 1.82) is 0 Å². The number of halogens is 3. The molecule has 0 radical (unpaired) electrons. The highest BCUT2D eigenvalue weighted by Crippen LogP contribution is 2.60. The molecule has 5 aliphatic rings. The second-order valence-corrected chi connectivity index (χ2v) is 17.0. The molecule has 1 saturated carbocycles. The maximum absolute atomic E-state index is 13.3. The van der Waals surface area contributed by atoms with Crippen molar-refractivity contribution in [2.75, 3.05) is 26.2 Å². The molecule has 2 aromatic rings. The van der Waals surface area contributed by atoms with E-state index < -0.39 is 11.6 Å². The number of hydrogen-bond donors (Lipinski definition) is 4. The summed E-state index contributed by atoms with van der Waals surface area (Å²) in [4.78, 5) is 2.71. The van der Waals surface area contributed by atoms with Crippen molar-refractivity contribution in [3.05, 3.63) is 48.2 Å². The number of piperidine rings is 2. The van der Waals surface area contributed by atoms with Gasteiger partial charge in [-0.05, 0) is 103 Å². The van der Waals surface area contributed by atoms with Crippen LogP contribution in [0.25, 0.3) is 0 Å². The number of ether oxygens (including phenoxy) is 2. The highest BCUT2D eigenvalue weighted by Gasteiger charge is 2.62. The van der Waals surface area contributed by atoms with Gasteiger partial charge in [0.1, 0.15) is 6.17 Å². The van der Waals surface area contributed by atoms with E-state index in [2.05, 4.69) is 63.7 Å². The summed E-state index contributed by atoms with van der Waals surface area (Å²) in [6.07, 6.45) is 6.98. The number of aromatic nitrogens is 2. The molecule has 4 bridgehead atoms. The second kappa shape index (κ2) is 15.6. The Kier molecular flexibility index (Phi) is 11.4. The molecule has 278 valence electrons. The van der Waals surface area contributed by atoms with Crippen molar-refractivity contribution in [3.8, 4) is 5.88 Å². The van der Waals surface area contributed by atoms with E-state index in [9.17, 15) is 13.2 Å². The molecule has 8 atom stereocenters. The fourth-order valence-corrected chi connectivity index (χ4v) is 9.89. The predicted molar refractivity (Wildman–Crippen MR) is 190 cm³/mol. The first-order chi connectivity index (χ1) is 24.1. The number of fused-ring (bicyclic) bond motifs is 6. The quantitative estimate of drug-likeness (QED) is 0.170. The summed E-state index contributed by atoms with van der Waals surface area (Å²) >= 11 is 1.77. The van der Waals surface area contributed by atoms with Gasteiger partial charge in [0.15, 0.2) is 0 Å². The average molecular weight is 720 g/mol. The molecule has 1 aliphatic carbocycles. The molecule has 4 saturated heterocycles. The van der Waals surface area contributed by atoms with Gasteiger partial charge >= 0.3 is 6.18 Å². The minimum absolute atomic E-state index is 0.0129. The predicted octanol–water partition coefficient (Wildman–Crippen LogP) is 6.55. The summed E-state index contributed by atoms with van der Waals surface area (Å²) in [5.41, 5.74) is -0.213. The molecule has 0 spiro atoms. The van der Waals surface area contributed by atoms with Gasteiger partial charge in [0.05, 0.1) is 42.4 Å². The smallest absolute Gasteiger partial charge is 0.394 e. The maximum Gasteiger partial charge on any atom is 0.394 e. The molecule has 50 heavy (non-hydrogen) atoms. The third kappa shape index (κ3) is 8.66. The molecule has 5 fully saturated rings. The molecule has 1 aromatic carbocycles. The lowest BCUT2D eigenvalue weighted by Crippen LogP contribution is -2.61. The standard InChI is InChI=1S/C37H56F3N7O2S/c1-35(2)22-27-10-6-19-41-30-13-12-29(49-25-26-8-4-3-5-9-26)34(43-30)50-42-23-28-11-14-31(44-33(28)46(35)24-27)47-20-15-32(45-47)48-21-7-16-36(17-18-36)37(38,39)40/h3-5,8-9,15,20,27-31,33-34,41-44H,6-7,10-14,16-19,21-25H2,1-2H3/t27-,28?,29?,30?,31?,33?,34?/m0/s1. The Bertz CT molecular complexity index is 1380. The Morgan fingerprint density at radius 3 is 2.66 bits per heavy atom. The van der Waals surface area contributed by atoms with Gasteiger partial charge in [-0.1, -0.05) is 42.3 Å². The summed E-state index contributed by atoms with van der Waals surface area (Å²) in [5, 5.41) is 16.5. The monoisotopic (exact) mass is 719 g/mol. The maximum atomic E-state index is 13.3. The van der Waals surface area contributed by atoms with Crippen LogP contribution in [0.15, 0.2) is 42.6 Å². The summed E-state index contributed by atoms with van der Waals surface area (Å²) < 4.78 is 58.1. The minimum Gasteiger partial charge on any atom is -0.477 e. The van der Waals surface area contributed by atoms with Crippen molar-refractivity contribution >= 4 is 11.9 Å². The Morgan fingerprint density at radius 2 is 1.86 bits per heavy atom. The lowest BCUT2D eigenvalue weighted by Gasteiger charge is -2.47. The van der Waals surface area contributed by atoms with Crippen LogP contribution in [0.2, 0.25) is 0 Å². The summed E-state index contributed by atoms with van der Waals surface area (Å²) in [5.74, 6) is 1.53. The largest absolute Gasteiger partial charge is 0.477 e. The van der Waals surface area contributed by atoms with Crippen molar-refractivity contribution in [1.82, 2.24) is 35.4 Å². The average Bonchev–Trinajstić information content (AvgIpc) is 3.65. The van der Waals surface area contributed by atoms with Crippen LogP contribution in [0.5, 0.6) is 5.88 Å². The molecule has 4 aliphatic heterocycles. The molecule has 7 rings (SSSR count). The molecule has 4 N–H and O–H groups in total. The normalized spacial score (nSPS) is 34.3. The van der Waals surface area contributed by atoms with Crippen LogP contribution in [0.3, 0.4) is 0 Å². The van der Waals surface area contributed by atoms with Crippen molar-refractivity contribution in [2.24, 2.45) is 17.3 Å². The number of hydrogen-bond acceptors (Lipinski definition) is 9. The summed E-state index contributed by atoms with van der Waals surface area (Å²) in [7, 11) is 0. The number of nitrogens with zero attached hydrogens (tertiary/aromatic N) is 3. The Hall–Kier alpha value is -1.87. The van der Waals surface area contributed by atoms with E-state index in [1.165, 1.54) is 18.4 Å². The first-order valence-corrected chi connectivity index (χ1v) is 19.8. The molecule has 7 unspecified atom stereocenters. The molecule has 9 nitrogen and oxygen atoms in total. The third-order valence-electron chi connectivity index (χ3n) is 11.9. The van der Waals surface area contributed by atoms with Crippen molar-refractivity contribution < 1.29 is 22.6 Å². The van der Waals surface area contributed by atoms with Gasteiger partial charge in [-0.25, -0.2) is 0 Å². The Morgan fingerprint density at radius 1 is 1.02 bits per heavy atom. The van der Waals surface area contributed by atoms with Crippen LogP contribution in [0.1, 0.15) is 96.2 Å². The van der Waals surface area contributed by atoms with E-state index in [4.69, 9.17) is 14.6 Å². The van der Waals surface area contributed by atoms with Crippen LogP contribution < -0.4 is 25.4 Å². The van der Waals surface area contributed by atoms with Gasteiger partial charge in [0, 0.05) is 36.8 Å². The third-order valence-corrected chi connectivity index (χ3v) is 12.9. The van der Waals surface area contributed by atoms with Crippen LogP contribution in [-0.4, -0.2) is 76.4 Å². The van der Waals surface area contributed by atoms with Crippen LogP contribution in [-0.2, 0) is 11.3 Å². The highest BCUT2D eigenvalue weighted by molar-refractivity contribution is 7.98. The molecular formula is C37H56F3N7O2S. The molecule has 13 heteroatoms. The van der Waals surface area contributed by atoms with Gasteiger partial charge in [-0.3, -0.25) is 24.9 Å². The van der Waals surface area contributed by atoms with Gasteiger partial charge in [-0.15, -0.1) is 5.10 Å². The van der Waals surface area contributed by atoms with Gasteiger partial charge < -0.3 is 14.8 Å². The van der Waals surface area contributed by atoms with E-state index in [0.29, 0.717) is 30.7 Å². The Labute approximate surface area is 299 Å². The number of nitrogens with one attached hydrogen (secondary N) is 4. The van der Waals surface area contributed by atoms with E-state index in [1.54, 1.807) is 11.9 Å². The van der Waals surface area contributed by atoms with Crippen molar-refractivity contribution in [2.45, 2.75) is 133 Å². The van der Waals surface area contributed by atoms with Crippen molar-refractivity contribution in [3.63, 3.8) is 0 Å². The number of benzene rings is 1. The fraction of sp³-hybridized carbons (Fsp3) is 0.757. The van der Waals surface area contributed by atoms with Gasteiger partial charge in [-0.2, -0.15) is 13.2 Å². The second-order valence-electron chi connectivity index (χ2n) is 16.0. The molecule has 1 aromatic heterocycles. The zero-order valence-corrected chi connectivity index (χ0v) is 30.4. The molecular weight excluding hydrogens is 664 g/mol. The molecule has 0 amide bonds. The number of alkyl halides is 3. The van der Waals surface area contributed by atoms with E-state index in [-0.39, 0.29) is 61.4 Å². The minimum atomic E-state index is -4.12. The highest BCUT2D eigenvalue weighted by atomic mass is 32.2. The molecule has 5 heterocycles. The van der Waals surface area contributed by atoms with Gasteiger partial charge in [0.25, 0.3) is 0 Å². The zero-order valence-electron chi connectivity index (χ0n) is 29.6. The number of rotatable bonds is 9. The van der Waals surface area contributed by atoms with Crippen LogP contribution in [0, 0.1) is 17.3 Å². The van der Waals surface area contributed by atoms with E-state index >= 15 is 0 Å². The first kappa shape index (κ1) is 36.5. The van der Waals surface area contributed by atoms with Gasteiger partial charge in [0.2, 0.25) is 5.88 Å². The summed E-state index contributed by atoms with van der Waals surface area (Å²) in [6, 6.07) is 12.3.